The highest BCUT2D eigenvalue weighted by Crippen LogP contribution is 2.66. The molecular formula is C27H24N6O2S. The van der Waals surface area contributed by atoms with Crippen molar-refractivity contribution in [3.8, 4) is 22.5 Å². The van der Waals surface area contributed by atoms with Gasteiger partial charge in [0.15, 0.2) is 11.4 Å². The minimum atomic E-state index is 0.166. The third-order valence-corrected chi connectivity index (χ3v) is 9.63. The van der Waals surface area contributed by atoms with Crippen LogP contribution in [0.2, 0.25) is 0 Å². The van der Waals surface area contributed by atoms with Crippen LogP contribution in [-0.2, 0) is 4.79 Å². The minimum Gasteiger partial charge on any atom is -0.452 e. The van der Waals surface area contributed by atoms with E-state index in [0.29, 0.717) is 29.4 Å². The number of hydrogen-bond donors (Lipinski definition) is 1. The van der Waals surface area contributed by atoms with Crippen LogP contribution in [0.3, 0.4) is 0 Å². The first kappa shape index (κ1) is 20.5. The molecule has 2 N–H and O–H groups in total. The van der Waals surface area contributed by atoms with Crippen molar-refractivity contribution in [2.24, 2.45) is 5.92 Å². The van der Waals surface area contributed by atoms with E-state index in [1.807, 2.05) is 36.8 Å². The summed E-state index contributed by atoms with van der Waals surface area (Å²) in [6.07, 6.45) is 12.1. The summed E-state index contributed by atoms with van der Waals surface area (Å²) in [6, 6.07) is 8.83. The van der Waals surface area contributed by atoms with Crippen LogP contribution in [0.15, 0.2) is 53.5 Å². The van der Waals surface area contributed by atoms with Crippen LogP contribution in [0.1, 0.15) is 38.6 Å². The number of nitrogens with zero attached hydrogens (tertiary/aromatic N) is 5. The second kappa shape index (κ2) is 6.94. The number of hydrogen-bond acceptors (Lipinski definition) is 7. The van der Waals surface area contributed by atoms with E-state index in [9.17, 15) is 4.79 Å². The fourth-order valence-corrected chi connectivity index (χ4v) is 7.79. The summed E-state index contributed by atoms with van der Waals surface area (Å²) in [4.78, 5) is 18.7. The zero-order valence-electron chi connectivity index (χ0n) is 19.7. The molecule has 4 atom stereocenters. The molecule has 1 amide bonds. The highest BCUT2D eigenvalue weighted by molar-refractivity contribution is 7.13. The number of furan rings is 1. The minimum absolute atomic E-state index is 0.166. The second-order valence-corrected chi connectivity index (χ2v) is 11.2. The molecule has 180 valence electrons. The number of rotatable bonds is 3. The van der Waals surface area contributed by atoms with Gasteiger partial charge < -0.3 is 15.1 Å². The molecule has 2 aliphatic carbocycles. The fourth-order valence-electron chi connectivity index (χ4n) is 7.02. The van der Waals surface area contributed by atoms with Gasteiger partial charge >= 0.3 is 0 Å². The molecule has 1 aliphatic heterocycles. The molecule has 9 heteroatoms. The standard InChI is InChI=1S/C27H24N6O2S/c1-14(34)33-23-8-18(7-17-5-6-27(17,23)33)32-13-16(10-30-32)21-12-29-26(28)24-20(21)9-22(35-24)19-4-2-3-15-11-31-36-25(15)19/h2-4,9-13,17-18,23H,5-8H2,1H3,(H2,28,29). The Bertz CT molecular complexity index is 1700. The average Bonchev–Trinajstić information content (AvgIpc) is 3.31. The first-order chi connectivity index (χ1) is 17.5. The largest absolute Gasteiger partial charge is 0.452 e. The molecule has 4 unspecified atom stereocenters. The normalized spacial score (nSPS) is 26.6. The van der Waals surface area contributed by atoms with Gasteiger partial charge in [0.2, 0.25) is 5.91 Å². The summed E-state index contributed by atoms with van der Waals surface area (Å²) in [6.45, 7) is 1.71. The molecule has 3 aliphatic rings. The number of anilines is 1. The number of nitrogens with two attached hydrogens (primary N) is 1. The number of likely N-dealkylation sites (tertiary alicyclic amines) is 1. The molecule has 36 heavy (non-hydrogen) atoms. The predicted octanol–water partition coefficient (Wildman–Crippen LogP) is 5.26. The molecule has 5 heterocycles. The highest BCUT2D eigenvalue weighted by atomic mass is 32.1. The van der Waals surface area contributed by atoms with E-state index in [0.717, 1.165) is 57.2 Å². The number of carbonyl (C=O) groups excluding carboxylic acids is 1. The number of benzene rings is 1. The van der Waals surface area contributed by atoms with Gasteiger partial charge in [0.05, 0.1) is 28.5 Å². The average molecular weight is 497 g/mol. The van der Waals surface area contributed by atoms with Gasteiger partial charge in [-0.05, 0) is 55.3 Å². The van der Waals surface area contributed by atoms with E-state index < -0.39 is 0 Å². The highest BCUT2D eigenvalue weighted by Gasteiger charge is 2.73. The lowest BCUT2D eigenvalue weighted by Crippen LogP contribution is -2.45. The molecular weight excluding hydrogens is 472 g/mol. The molecule has 1 aromatic carbocycles. The Morgan fingerprint density at radius 1 is 1.22 bits per heavy atom. The maximum absolute atomic E-state index is 12.2. The molecule has 0 bridgehead atoms. The number of nitrogen functional groups attached to an aromatic ring is 1. The van der Waals surface area contributed by atoms with Crippen molar-refractivity contribution in [3.63, 3.8) is 0 Å². The van der Waals surface area contributed by atoms with Gasteiger partial charge in [0.25, 0.3) is 0 Å². The van der Waals surface area contributed by atoms with Crippen LogP contribution < -0.4 is 5.73 Å². The van der Waals surface area contributed by atoms with Crippen LogP contribution in [0.25, 0.3) is 43.5 Å². The van der Waals surface area contributed by atoms with E-state index in [2.05, 4.69) is 31.2 Å². The van der Waals surface area contributed by atoms with Crippen molar-refractivity contribution in [1.29, 1.82) is 0 Å². The monoisotopic (exact) mass is 496 g/mol. The molecule has 1 spiro atoms. The van der Waals surface area contributed by atoms with E-state index in [1.165, 1.54) is 18.0 Å². The Hall–Kier alpha value is -3.72. The van der Waals surface area contributed by atoms with Gasteiger partial charge in [-0.1, -0.05) is 12.1 Å². The lowest BCUT2D eigenvalue weighted by molar-refractivity contribution is -0.126. The summed E-state index contributed by atoms with van der Waals surface area (Å²) in [7, 11) is 0. The number of carbonyl (C=O) groups is 1. The van der Waals surface area contributed by atoms with Gasteiger partial charge in [-0.2, -0.15) is 9.47 Å². The van der Waals surface area contributed by atoms with Crippen molar-refractivity contribution in [2.45, 2.75) is 50.2 Å². The third-order valence-electron chi connectivity index (χ3n) is 8.78. The number of aromatic nitrogens is 4. The molecule has 5 aromatic rings. The molecule has 0 radical (unpaired) electrons. The van der Waals surface area contributed by atoms with Crippen molar-refractivity contribution >= 4 is 44.3 Å². The SMILES string of the molecule is CC(=O)N1C2CC(n3cc(-c4cnc(N)c5oc(-c6cccc7cnsc67)cc45)cn3)CC3CCC321. The topological polar surface area (TPSA) is 103 Å². The van der Waals surface area contributed by atoms with Gasteiger partial charge in [-0.15, -0.1) is 0 Å². The zero-order chi connectivity index (χ0) is 24.2. The summed E-state index contributed by atoms with van der Waals surface area (Å²) in [5, 5.41) is 6.78. The van der Waals surface area contributed by atoms with Crippen molar-refractivity contribution in [3.05, 3.63) is 49.1 Å². The van der Waals surface area contributed by atoms with Gasteiger partial charge in [0.1, 0.15) is 5.76 Å². The third kappa shape index (κ3) is 2.58. The maximum Gasteiger partial charge on any atom is 0.220 e. The molecule has 2 saturated carbocycles. The van der Waals surface area contributed by atoms with E-state index >= 15 is 0 Å². The number of amides is 1. The Labute approximate surface area is 210 Å². The molecule has 1 saturated heterocycles. The van der Waals surface area contributed by atoms with Crippen molar-refractivity contribution in [1.82, 2.24) is 24.0 Å². The fraction of sp³-hybridized carbons (Fsp3) is 0.333. The molecule has 8 rings (SSSR count). The quantitative estimate of drug-likeness (QED) is 0.342. The lowest BCUT2D eigenvalue weighted by Gasteiger charge is -2.42. The van der Waals surface area contributed by atoms with Gasteiger partial charge in [-0.3, -0.25) is 9.48 Å². The summed E-state index contributed by atoms with van der Waals surface area (Å²) in [5.41, 5.74) is 9.92. The Kier molecular flexibility index (Phi) is 3.95. The van der Waals surface area contributed by atoms with Gasteiger partial charge in [-0.25, -0.2) is 4.98 Å². The second-order valence-electron chi connectivity index (χ2n) is 10.4. The van der Waals surface area contributed by atoms with Crippen LogP contribution in [-0.4, -0.2) is 41.5 Å². The van der Waals surface area contributed by atoms with Crippen LogP contribution in [0.5, 0.6) is 0 Å². The van der Waals surface area contributed by atoms with E-state index in [-0.39, 0.29) is 11.4 Å². The van der Waals surface area contributed by atoms with E-state index in [1.54, 1.807) is 6.92 Å². The molecule has 4 aromatic heterocycles. The molecule has 3 fully saturated rings. The predicted molar refractivity (Wildman–Crippen MR) is 138 cm³/mol. The summed E-state index contributed by atoms with van der Waals surface area (Å²) >= 11 is 1.46. The lowest BCUT2D eigenvalue weighted by atomic mass is 9.63. The Morgan fingerprint density at radius 3 is 2.97 bits per heavy atom. The Morgan fingerprint density at radius 2 is 2.14 bits per heavy atom. The maximum atomic E-state index is 12.2. The van der Waals surface area contributed by atoms with E-state index in [4.69, 9.17) is 15.2 Å². The van der Waals surface area contributed by atoms with Crippen LogP contribution >= 0.6 is 11.5 Å². The first-order valence-corrected chi connectivity index (χ1v) is 13.2. The van der Waals surface area contributed by atoms with Gasteiger partial charge in [0, 0.05) is 53.0 Å². The van der Waals surface area contributed by atoms with Crippen molar-refractivity contribution < 1.29 is 9.21 Å². The summed E-state index contributed by atoms with van der Waals surface area (Å²) < 4.78 is 13.8. The first-order valence-electron chi connectivity index (χ1n) is 12.4. The summed E-state index contributed by atoms with van der Waals surface area (Å²) in [5.74, 6) is 1.93. The zero-order valence-corrected chi connectivity index (χ0v) is 20.5. The Balaban J connectivity index is 1.16. The smallest absolute Gasteiger partial charge is 0.220 e. The number of fused-ring (bicyclic) bond motifs is 2. The van der Waals surface area contributed by atoms with Crippen LogP contribution in [0.4, 0.5) is 5.82 Å². The van der Waals surface area contributed by atoms with Crippen LogP contribution in [0, 0.1) is 5.92 Å². The van der Waals surface area contributed by atoms with Crippen molar-refractivity contribution in [2.75, 3.05) is 5.73 Å². The number of pyridine rings is 1. The molecule has 8 nitrogen and oxygen atoms in total.